The monoisotopic (exact) mass is 166 g/mol. The molecule has 0 saturated heterocycles. The van der Waals surface area contributed by atoms with Gasteiger partial charge in [0.05, 0.1) is 0 Å². The van der Waals surface area contributed by atoms with Crippen LogP contribution in [0.5, 0.6) is 0 Å². The van der Waals surface area contributed by atoms with Gasteiger partial charge in [-0.25, -0.2) is 0 Å². The number of fused-ring (bicyclic) bond motifs is 1. The Kier molecular flexibility index (Phi) is 2.13. The molecule has 66 valence electrons. The smallest absolute Gasteiger partial charge is 0.0492 e. The van der Waals surface area contributed by atoms with Gasteiger partial charge in [0.25, 0.3) is 0 Å². The van der Waals surface area contributed by atoms with Gasteiger partial charge in [-0.1, -0.05) is 0 Å². The maximum Gasteiger partial charge on any atom is 0.0492 e. The largest absolute Gasteiger partial charge is 0.396 e. The van der Waals surface area contributed by atoms with Crippen LogP contribution in [0.25, 0.3) is 0 Å². The molecule has 0 aliphatic carbocycles. The molecule has 0 saturated carbocycles. The van der Waals surface area contributed by atoms with Crippen LogP contribution in [-0.4, -0.2) is 21.5 Å². The van der Waals surface area contributed by atoms with Gasteiger partial charge in [0.15, 0.2) is 0 Å². The number of aliphatic hydroxyl groups is 1. The van der Waals surface area contributed by atoms with Crippen molar-refractivity contribution in [2.45, 2.75) is 25.8 Å². The SMILES string of the molecule is OCC1CCc2ccnn2CC1. The summed E-state index contributed by atoms with van der Waals surface area (Å²) in [5.74, 6) is 0.478. The molecule has 1 aromatic rings. The summed E-state index contributed by atoms with van der Waals surface area (Å²) in [7, 11) is 0. The van der Waals surface area contributed by atoms with E-state index in [0.29, 0.717) is 12.5 Å². The zero-order valence-electron chi connectivity index (χ0n) is 7.11. The third-order valence-corrected chi connectivity index (χ3v) is 2.62. The lowest BCUT2D eigenvalue weighted by molar-refractivity contribution is 0.210. The van der Waals surface area contributed by atoms with Crippen LogP contribution >= 0.6 is 0 Å². The molecule has 0 spiro atoms. The van der Waals surface area contributed by atoms with E-state index >= 15 is 0 Å². The molecular weight excluding hydrogens is 152 g/mol. The van der Waals surface area contributed by atoms with Crippen molar-refractivity contribution in [1.82, 2.24) is 9.78 Å². The molecule has 1 unspecified atom stereocenters. The van der Waals surface area contributed by atoms with E-state index in [0.717, 1.165) is 25.8 Å². The van der Waals surface area contributed by atoms with E-state index in [1.807, 2.05) is 6.20 Å². The average molecular weight is 166 g/mol. The first-order valence-electron chi connectivity index (χ1n) is 4.51. The highest BCUT2D eigenvalue weighted by atomic mass is 16.3. The van der Waals surface area contributed by atoms with Gasteiger partial charge in [-0.2, -0.15) is 5.10 Å². The molecule has 1 aromatic heterocycles. The van der Waals surface area contributed by atoms with Gasteiger partial charge in [0.2, 0.25) is 0 Å². The number of aromatic nitrogens is 2. The number of aryl methyl sites for hydroxylation is 2. The van der Waals surface area contributed by atoms with Gasteiger partial charge in [0.1, 0.15) is 0 Å². The molecule has 3 heteroatoms. The summed E-state index contributed by atoms with van der Waals surface area (Å²) in [6, 6.07) is 2.07. The Bertz CT molecular complexity index is 234. The molecule has 2 rings (SSSR count). The summed E-state index contributed by atoms with van der Waals surface area (Å²) in [6.45, 7) is 1.29. The minimum absolute atomic E-state index is 0.324. The summed E-state index contributed by atoms with van der Waals surface area (Å²) < 4.78 is 2.05. The minimum Gasteiger partial charge on any atom is -0.396 e. The van der Waals surface area contributed by atoms with E-state index in [4.69, 9.17) is 5.11 Å². The summed E-state index contributed by atoms with van der Waals surface area (Å²) in [5.41, 5.74) is 1.31. The van der Waals surface area contributed by atoms with Gasteiger partial charge in [0, 0.05) is 25.0 Å². The molecule has 0 bridgehead atoms. The predicted molar refractivity (Wildman–Crippen MR) is 45.7 cm³/mol. The second kappa shape index (κ2) is 3.27. The van der Waals surface area contributed by atoms with Crippen molar-refractivity contribution in [2.24, 2.45) is 5.92 Å². The summed E-state index contributed by atoms with van der Waals surface area (Å²) in [4.78, 5) is 0. The van der Waals surface area contributed by atoms with Crippen LogP contribution in [0, 0.1) is 5.92 Å². The van der Waals surface area contributed by atoms with E-state index in [1.165, 1.54) is 5.69 Å². The molecular formula is C9H14N2O. The molecule has 1 aliphatic rings. The predicted octanol–water partition coefficient (Wildman–Crippen LogP) is 0.828. The number of rotatable bonds is 1. The first-order valence-corrected chi connectivity index (χ1v) is 4.51. The Morgan fingerprint density at radius 1 is 1.58 bits per heavy atom. The van der Waals surface area contributed by atoms with Crippen LogP contribution in [-0.2, 0) is 13.0 Å². The normalized spacial score (nSPS) is 23.2. The van der Waals surface area contributed by atoms with Crippen molar-refractivity contribution in [3.05, 3.63) is 18.0 Å². The molecule has 2 heterocycles. The van der Waals surface area contributed by atoms with Crippen LogP contribution in [0.15, 0.2) is 12.3 Å². The highest BCUT2D eigenvalue weighted by Crippen LogP contribution is 2.18. The summed E-state index contributed by atoms with van der Waals surface area (Å²) in [6.07, 6.45) is 5.08. The third-order valence-electron chi connectivity index (χ3n) is 2.62. The van der Waals surface area contributed by atoms with Crippen molar-refractivity contribution in [2.75, 3.05) is 6.61 Å². The van der Waals surface area contributed by atoms with Crippen molar-refractivity contribution in [3.63, 3.8) is 0 Å². The summed E-state index contributed by atoms with van der Waals surface area (Å²) >= 11 is 0. The van der Waals surface area contributed by atoms with E-state index in [-0.39, 0.29) is 0 Å². The highest BCUT2D eigenvalue weighted by molar-refractivity contribution is 5.02. The molecule has 3 nitrogen and oxygen atoms in total. The van der Waals surface area contributed by atoms with E-state index in [9.17, 15) is 0 Å². The lowest BCUT2D eigenvalue weighted by atomic mass is 10.0. The zero-order chi connectivity index (χ0) is 8.39. The maximum absolute atomic E-state index is 9.00. The standard InChI is InChI=1S/C9H14N2O/c12-7-8-1-2-9-3-5-10-11(9)6-4-8/h3,5,8,12H,1-2,4,6-7H2. The van der Waals surface area contributed by atoms with Crippen LogP contribution in [0.2, 0.25) is 0 Å². The molecule has 0 radical (unpaired) electrons. The van der Waals surface area contributed by atoms with Crippen molar-refractivity contribution < 1.29 is 5.11 Å². The number of nitrogens with zero attached hydrogens (tertiary/aromatic N) is 2. The lowest BCUT2D eigenvalue weighted by Gasteiger charge is -2.07. The third kappa shape index (κ3) is 1.37. The number of hydrogen-bond donors (Lipinski definition) is 1. The number of hydrogen-bond acceptors (Lipinski definition) is 2. The van der Waals surface area contributed by atoms with Crippen LogP contribution in [0.4, 0.5) is 0 Å². The fourth-order valence-electron chi connectivity index (χ4n) is 1.76. The van der Waals surface area contributed by atoms with Gasteiger partial charge in [-0.15, -0.1) is 0 Å². The average Bonchev–Trinajstić information content (AvgIpc) is 2.46. The molecule has 12 heavy (non-hydrogen) atoms. The molecule has 1 N–H and O–H groups in total. The first-order chi connectivity index (χ1) is 5.90. The lowest BCUT2D eigenvalue weighted by Crippen LogP contribution is -2.07. The van der Waals surface area contributed by atoms with Gasteiger partial charge >= 0.3 is 0 Å². The van der Waals surface area contributed by atoms with E-state index in [1.54, 1.807) is 0 Å². The Labute approximate surface area is 72.0 Å². The Morgan fingerprint density at radius 3 is 3.33 bits per heavy atom. The molecule has 0 amide bonds. The fourth-order valence-corrected chi connectivity index (χ4v) is 1.76. The second-order valence-electron chi connectivity index (χ2n) is 3.42. The van der Waals surface area contributed by atoms with Crippen molar-refractivity contribution >= 4 is 0 Å². The van der Waals surface area contributed by atoms with Crippen molar-refractivity contribution in [1.29, 1.82) is 0 Å². The van der Waals surface area contributed by atoms with Crippen LogP contribution in [0.3, 0.4) is 0 Å². The molecule has 1 aliphatic heterocycles. The van der Waals surface area contributed by atoms with E-state index in [2.05, 4.69) is 15.8 Å². The fraction of sp³-hybridized carbons (Fsp3) is 0.667. The summed E-state index contributed by atoms with van der Waals surface area (Å²) in [5, 5.41) is 13.2. The van der Waals surface area contributed by atoms with Crippen LogP contribution < -0.4 is 0 Å². The zero-order valence-corrected chi connectivity index (χ0v) is 7.11. The topological polar surface area (TPSA) is 38.1 Å². The van der Waals surface area contributed by atoms with Gasteiger partial charge in [-0.05, 0) is 31.2 Å². The molecule has 0 fully saturated rings. The van der Waals surface area contributed by atoms with Gasteiger partial charge in [-0.3, -0.25) is 4.68 Å². The Balaban J connectivity index is 2.10. The number of aliphatic hydroxyl groups excluding tert-OH is 1. The highest BCUT2D eigenvalue weighted by Gasteiger charge is 2.14. The van der Waals surface area contributed by atoms with E-state index < -0.39 is 0 Å². The Hall–Kier alpha value is -0.830. The van der Waals surface area contributed by atoms with Crippen LogP contribution in [0.1, 0.15) is 18.5 Å². The second-order valence-corrected chi connectivity index (χ2v) is 3.42. The minimum atomic E-state index is 0.324. The Morgan fingerprint density at radius 2 is 2.50 bits per heavy atom. The molecule has 1 atom stereocenters. The first kappa shape index (κ1) is 7.80. The quantitative estimate of drug-likeness (QED) is 0.671. The van der Waals surface area contributed by atoms with Crippen molar-refractivity contribution in [3.8, 4) is 0 Å². The van der Waals surface area contributed by atoms with Gasteiger partial charge < -0.3 is 5.11 Å². The molecule has 0 aromatic carbocycles. The maximum atomic E-state index is 9.00.